The second-order valence-electron chi connectivity index (χ2n) is 6.84. The molecule has 5 nitrogen and oxygen atoms in total. The Balaban J connectivity index is 1.52. The number of ether oxygens (including phenoxy) is 1. The molecule has 1 aromatic carbocycles. The summed E-state index contributed by atoms with van der Waals surface area (Å²) < 4.78 is 5.42. The highest BCUT2D eigenvalue weighted by Gasteiger charge is 2.18. The molecule has 0 bridgehead atoms. The van der Waals surface area contributed by atoms with Crippen LogP contribution in [-0.2, 0) is 11.3 Å². The van der Waals surface area contributed by atoms with Gasteiger partial charge in [0, 0.05) is 45.5 Å². The molecule has 132 valence electrons. The number of likely N-dealkylation sites (tertiary alicyclic amines) is 1. The van der Waals surface area contributed by atoms with Gasteiger partial charge in [0.2, 0.25) is 0 Å². The molecule has 0 atom stereocenters. The third-order valence-corrected chi connectivity index (χ3v) is 5.06. The molecule has 0 aliphatic carbocycles. The number of guanidine groups is 1. The van der Waals surface area contributed by atoms with Crippen LogP contribution >= 0.6 is 0 Å². The molecule has 2 fully saturated rings. The second-order valence-corrected chi connectivity index (χ2v) is 6.84. The Labute approximate surface area is 145 Å². The van der Waals surface area contributed by atoms with Crippen LogP contribution in [-0.4, -0.2) is 57.3 Å². The Morgan fingerprint density at radius 1 is 1.12 bits per heavy atom. The molecule has 0 aromatic heterocycles. The maximum atomic E-state index is 5.42. The third-order valence-electron chi connectivity index (χ3n) is 5.06. The molecule has 1 aromatic rings. The van der Waals surface area contributed by atoms with Gasteiger partial charge in [-0.3, -0.25) is 4.99 Å². The van der Waals surface area contributed by atoms with Crippen LogP contribution in [0.15, 0.2) is 29.3 Å². The molecule has 3 rings (SSSR count). The average molecular weight is 330 g/mol. The first-order valence-corrected chi connectivity index (χ1v) is 9.13. The van der Waals surface area contributed by atoms with Crippen molar-refractivity contribution in [3.63, 3.8) is 0 Å². The first-order chi connectivity index (χ1) is 11.8. The third kappa shape index (κ3) is 4.41. The van der Waals surface area contributed by atoms with Crippen molar-refractivity contribution in [2.45, 2.75) is 26.3 Å². The zero-order valence-electron chi connectivity index (χ0n) is 15.0. The van der Waals surface area contributed by atoms with Crippen LogP contribution in [0, 0.1) is 5.92 Å². The molecule has 24 heavy (non-hydrogen) atoms. The van der Waals surface area contributed by atoms with Gasteiger partial charge in [0.25, 0.3) is 0 Å². The Kier molecular flexibility index (Phi) is 5.96. The number of morpholine rings is 1. The first kappa shape index (κ1) is 17.1. The van der Waals surface area contributed by atoms with Crippen molar-refractivity contribution in [2.75, 3.05) is 51.3 Å². The summed E-state index contributed by atoms with van der Waals surface area (Å²) >= 11 is 0. The highest BCUT2D eigenvalue weighted by molar-refractivity contribution is 5.80. The van der Waals surface area contributed by atoms with E-state index in [1.807, 2.05) is 7.05 Å². The molecule has 2 heterocycles. The van der Waals surface area contributed by atoms with E-state index in [0.29, 0.717) is 0 Å². The summed E-state index contributed by atoms with van der Waals surface area (Å²) in [5, 5.41) is 3.51. The number of piperidine rings is 1. The molecule has 2 aliphatic rings. The van der Waals surface area contributed by atoms with Gasteiger partial charge >= 0.3 is 0 Å². The lowest BCUT2D eigenvalue weighted by Gasteiger charge is -2.33. The van der Waals surface area contributed by atoms with E-state index in [1.54, 1.807) is 0 Å². The lowest BCUT2D eigenvalue weighted by molar-refractivity contribution is 0.122. The minimum atomic E-state index is 0.822. The fourth-order valence-corrected chi connectivity index (χ4v) is 3.38. The Morgan fingerprint density at radius 2 is 1.79 bits per heavy atom. The fourth-order valence-electron chi connectivity index (χ4n) is 3.38. The summed E-state index contributed by atoms with van der Waals surface area (Å²) in [6.07, 6.45) is 2.52. The maximum absolute atomic E-state index is 5.42. The lowest BCUT2D eigenvalue weighted by Crippen LogP contribution is -2.45. The fraction of sp³-hybridized carbons (Fsp3) is 0.632. The predicted octanol–water partition coefficient (Wildman–Crippen LogP) is 2.33. The molecule has 2 aliphatic heterocycles. The van der Waals surface area contributed by atoms with Crippen molar-refractivity contribution in [3.8, 4) is 0 Å². The van der Waals surface area contributed by atoms with Crippen LogP contribution in [0.4, 0.5) is 5.69 Å². The molecule has 0 saturated carbocycles. The largest absolute Gasteiger partial charge is 0.378 e. The molecule has 0 amide bonds. The van der Waals surface area contributed by atoms with E-state index in [0.717, 1.165) is 57.8 Å². The highest BCUT2D eigenvalue weighted by Crippen LogP contribution is 2.18. The molecule has 2 saturated heterocycles. The molecular formula is C19H30N4O. The maximum Gasteiger partial charge on any atom is 0.193 e. The van der Waals surface area contributed by atoms with Crippen LogP contribution in [0.3, 0.4) is 0 Å². The average Bonchev–Trinajstić information content (AvgIpc) is 2.65. The van der Waals surface area contributed by atoms with E-state index < -0.39 is 0 Å². The number of nitrogens with one attached hydrogen (secondary N) is 1. The number of aliphatic imine (C=N–C) groups is 1. The van der Waals surface area contributed by atoms with E-state index in [1.165, 1.54) is 24.1 Å². The summed E-state index contributed by atoms with van der Waals surface area (Å²) in [4.78, 5) is 9.21. The van der Waals surface area contributed by atoms with Crippen molar-refractivity contribution in [1.82, 2.24) is 10.2 Å². The number of anilines is 1. The molecule has 1 N–H and O–H groups in total. The molecule has 0 spiro atoms. The number of rotatable bonds is 3. The number of benzene rings is 1. The van der Waals surface area contributed by atoms with Crippen molar-refractivity contribution in [3.05, 3.63) is 29.8 Å². The van der Waals surface area contributed by atoms with Gasteiger partial charge in [0.15, 0.2) is 5.96 Å². The summed E-state index contributed by atoms with van der Waals surface area (Å²) in [6, 6.07) is 8.86. The highest BCUT2D eigenvalue weighted by atomic mass is 16.5. The Hall–Kier alpha value is -1.75. The van der Waals surface area contributed by atoms with Gasteiger partial charge in [-0.2, -0.15) is 0 Å². The van der Waals surface area contributed by atoms with Gasteiger partial charge in [-0.15, -0.1) is 0 Å². The van der Waals surface area contributed by atoms with Crippen molar-refractivity contribution in [1.29, 1.82) is 0 Å². The van der Waals surface area contributed by atoms with Gasteiger partial charge in [-0.1, -0.05) is 19.1 Å². The van der Waals surface area contributed by atoms with Crippen LogP contribution < -0.4 is 10.2 Å². The standard InChI is InChI=1S/C19H30N4O/c1-16-7-9-23(10-8-16)19(20-2)21-15-17-3-5-18(6-4-17)22-11-13-24-14-12-22/h3-6,16H,7-15H2,1-2H3,(H,20,21). The SMILES string of the molecule is CN=C(NCc1ccc(N2CCOCC2)cc1)N1CCC(C)CC1. The van der Waals surface area contributed by atoms with E-state index in [2.05, 4.69) is 51.3 Å². The van der Waals surface area contributed by atoms with Crippen LogP contribution in [0.1, 0.15) is 25.3 Å². The van der Waals surface area contributed by atoms with Crippen molar-refractivity contribution >= 4 is 11.6 Å². The molecule has 0 radical (unpaired) electrons. The van der Waals surface area contributed by atoms with Gasteiger partial charge in [0.05, 0.1) is 13.2 Å². The zero-order valence-corrected chi connectivity index (χ0v) is 15.0. The first-order valence-electron chi connectivity index (χ1n) is 9.13. The summed E-state index contributed by atoms with van der Waals surface area (Å²) in [5.41, 5.74) is 2.58. The summed E-state index contributed by atoms with van der Waals surface area (Å²) in [7, 11) is 1.88. The van der Waals surface area contributed by atoms with Crippen LogP contribution in [0.25, 0.3) is 0 Å². The van der Waals surface area contributed by atoms with Crippen LogP contribution in [0.2, 0.25) is 0 Å². The van der Waals surface area contributed by atoms with Crippen molar-refractivity contribution < 1.29 is 4.74 Å². The zero-order chi connectivity index (χ0) is 16.8. The quantitative estimate of drug-likeness (QED) is 0.682. The van der Waals surface area contributed by atoms with E-state index in [4.69, 9.17) is 4.74 Å². The lowest BCUT2D eigenvalue weighted by atomic mass is 9.99. The van der Waals surface area contributed by atoms with Gasteiger partial charge in [0.1, 0.15) is 0 Å². The van der Waals surface area contributed by atoms with Gasteiger partial charge in [-0.05, 0) is 36.5 Å². The van der Waals surface area contributed by atoms with E-state index >= 15 is 0 Å². The second kappa shape index (κ2) is 8.38. The monoisotopic (exact) mass is 330 g/mol. The minimum absolute atomic E-state index is 0.822. The Bertz CT molecular complexity index is 529. The molecular weight excluding hydrogens is 300 g/mol. The van der Waals surface area contributed by atoms with Gasteiger partial charge < -0.3 is 19.9 Å². The smallest absolute Gasteiger partial charge is 0.193 e. The number of hydrogen-bond acceptors (Lipinski definition) is 3. The normalized spacial score (nSPS) is 20.3. The predicted molar refractivity (Wildman–Crippen MR) is 99.6 cm³/mol. The molecule has 5 heteroatoms. The van der Waals surface area contributed by atoms with Crippen LogP contribution in [0.5, 0.6) is 0 Å². The topological polar surface area (TPSA) is 40.1 Å². The number of hydrogen-bond donors (Lipinski definition) is 1. The van der Waals surface area contributed by atoms with Crippen molar-refractivity contribution in [2.24, 2.45) is 10.9 Å². The Morgan fingerprint density at radius 3 is 2.42 bits per heavy atom. The summed E-state index contributed by atoms with van der Waals surface area (Å²) in [6.45, 7) is 9.00. The van der Waals surface area contributed by atoms with Gasteiger partial charge in [-0.25, -0.2) is 0 Å². The minimum Gasteiger partial charge on any atom is -0.378 e. The number of nitrogens with zero attached hydrogens (tertiary/aromatic N) is 3. The van der Waals surface area contributed by atoms with E-state index in [-0.39, 0.29) is 0 Å². The van der Waals surface area contributed by atoms with E-state index in [9.17, 15) is 0 Å². The summed E-state index contributed by atoms with van der Waals surface area (Å²) in [5.74, 6) is 1.87. The molecule has 0 unspecified atom stereocenters.